The van der Waals surface area contributed by atoms with Crippen molar-refractivity contribution in [2.45, 2.75) is 18.9 Å². The Balaban J connectivity index is 1.79. The highest BCUT2D eigenvalue weighted by molar-refractivity contribution is 5.40. The Kier molecular flexibility index (Phi) is 8.19. The van der Waals surface area contributed by atoms with Crippen LogP contribution in [0.1, 0.15) is 13.3 Å². The van der Waals surface area contributed by atoms with Crippen LogP contribution in [0.15, 0.2) is 48.5 Å². The molecule has 1 heterocycles. The van der Waals surface area contributed by atoms with Gasteiger partial charge in [0.1, 0.15) is 32.0 Å². The zero-order chi connectivity index (χ0) is 21.1. The summed E-state index contributed by atoms with van der Waals surface area (Å²) < 4.78 is 35.2. The van der Waals surface area contributed by atoms with E-state index in [1.54, 1.807) is 0 Å². The molecule has 1 aliphatic heterocycles. The minimum Gasteiger partial charge on any atom is -0.487 e. The second kappa shape index (κ2) is 11.3. The minimum atomic E-state index is -0.781. The first-order valence-corrected chi connectivity index (χ1v) is 9.98. The number of ether oxygens (including phenoxy) is 6. The average Bonchev–Trinajstić information content (AvgIpc) is 2.77. The van der Waals surface area contributed by atoms with Gasteiger partial charge in [-0.3, -0.25) is 0 Å². The van der Waals surface area contributed by atoms with E-state index in [0.29, 0.717) is 49.4 Å². The van der Waals surface area contributed by atoms with E-state index in [1.807, 2.05) is 55.5 Å². The number of para-hydroxylation sites is 4. The topological polar surface area (TPSA) is 79.2 Å². The van der Waals surface area contributed by atoms with Crippen molar-refractivity contribution < 1.29 is 28.4 Å². The van der Waals surface area contributed by atoms with Gasteiger partial charge in [0.15, 0.2) is 23.0 Å². The maximum Gasteiger partial charge on any atom is 0.161 e. The molecule has 0 amide bonds. The first-order chi connectivity index (χ1) is 14.7. The van der Waals surface area contributed by atoms with Gasteiger partial charge in [-0.2, -0.15) is 5.26 Å². The molecule has 0 saturated carbocycles. The van der Waals surface area contributed by atoms with Crippen molar-refractivity contribution in [2.24, 2.45) is 0 Å². The number of fused-ring (bicyclic) bond motifs is 2. The Bertz CT molecular complexity index is 779. The summed E-state index contributed by atoms with van der Waals surface area (Å²) in [6.45, 7) is 4.29. The molecule has 2 aromatic rings. The Labute approximate surface area is 177 Å². The van der Waals surface area contributed by atoms with Crippen LogP contribution >= 0.6 is 0 Å². The molecule has 30 heavy (non-hydrogen) atoms. The average molecular weight is 413 g/mol. The molecular formula is C23H27NO6. The lowest BCUT2D eigenvalue weighted by molar-refractivity contribution is -0.0834. The molecule has 0 radical (unpaired) electrons. The molecular weight excluding hydrogens is 386 g/mol. The predicted molar refractivity (Wildman–Crippen MR) is 110 cm³/mol. The van der Waals surface area contributed by atoms with Gasteiger partial charge >= 0.3 is 0 Å². The van der Waals surface area contributed by atoms with Gasteiger partial charge in [0.25, 0.3) is 0 Å². The monoisotopic (exact) mass is 413 g/mol. The van der Waals surface area contributed by atoms with Crippen LogP contribution in [-0.4, -0.2) is 51.8 Å². The van der Waals surface area contributed by atoms with Gasteiger partial charge in [-0.1, -0.05) is 24.3 Å². The zero-order valence-electron chi connectivity index (χ0n) is 17.2. The van der Waals surface area contributed by atoms with Gasteiger partial charge in [-0.25, -0.2) is 0 Å². The van der Waals surface area contributed by atoms with E-state index in [1.165, 1.54) is 0 Å². The van der Waals surface area contributed by atoms with E-state index < -0.39 is 5.60 Å². The summed E-state index contributed by atoms with van der Waals surface area (Å²) in [7, 11) is 0. The summed E-state index contributed by atoms with van der Waals surface area (Å²) in [5, 5.41) is 8.86. The quantitative estimate of drug-likeness (QED) is 0.711. The van der Waals surface area contributed by atoms with Gasteiger partial charge in [0.2, 0.25) is 0 Å². The minimum absolute atomic E-state index is 0.221. The summed E-state index contributed by atoms with van der Waals surface area (Å²) in [6.07, 6.45) is 0.287. The molecule has 0 atom stereocenters. The first-order valence-electron chi connectivity index (χ1n) is 9.98. The third-order valence-corrected chi connectivity index (χ3v) is 4.40. The summed E-state index contributed by atoms with van der Waals surface area (Å²) >= 11 is 0. The lowest BCUT2D eigenvalue weighted by Crippen LogP contribution is -2.42. The van der Waals surface area contributed by atoms with Crippen molar-refractivity contribution in [1.82, 2.24) is 0 Å². The maximum atomic E-state index is 8.86. The summed E-state index contributed by atoms with van der Waals surface area (Å²) in [4.78, 5) is 0. The number of rotatable bonds is 3. The van der Waals surface area contributed by atoms with Gasteiger partial charge in [-0.05, 0) is 31.2 Å². The number of hydrogen-bond donors (Lipinski definition) is 0. The van der Waals surface area contributed by atoms with Gasteiger partial charge in [0.05, 0.1) is 32.3 Å². The lowest BCUT2D eigenvalue weighted by Gasteiger charge is -2.30. The highest BCUT2D eigenvalue weighted by Gasteiger charge is 2.29. The molecule has 3 rings (SSSR count). The normalized spacial score (nSPS) is 16.9. The first kappa shape index (κ1) is 21.8. The fourth-order valence-corrected chi connectivity index (χ4v) is 2.83. The molecule has 0 fully saturated rings. The Hall–Kier alpha value is -2.95. The van der Waals surface area contributed by atoms with E-state index >= 15 is 0 Å². The van der Waals surface area contributed by atoms with Crippen molar-refractivity contribution in [3.05, 3.63) is 48.5 Å². The van der Waals surface area contributed by atoms with Crippen LogP contribution in [-0.2, 0) is 9.47 Å². The molecule has 7 heteroatoms. The summed E-state index contributed by atoms with van der Waals surface area (Å²) in [6, 6.07) is 17.0. The molecule has 0 saturated heterocycles. The molecule has 0 aromatic heterocycles. The van der Waals surface area contributed by atoms with Crippen LogP contribution in [0.3, 0.4) is 0 Å². The molecule has 1 aliphatic rings. The molecule has 0 N–H and O–H groups in total. The third kappa shape index (κ3) is 6.55. The molecule has 0 spiro atoms. The van der Waals surface area contributed by atoms with Crippen LogP contribution in [0.4, 0.5) is 0 Å². The maximum absolute atomic E-state index is 8.86. The van der Waals surface area contributed by atoms with E-state index in [9.17, 15) is 0 Å². The van der Waals surface area contributed by atoms with Crippen LogP contribution in [0.5, 0.6) is 23.0 Å². The zero-order valence-corrected chi connectivity index (χ0v) is 17.2. The highest BCUT2D eigenvalue weighted by atomic mass is 16.6. The molecule has 2 aromatic carbocycles. The molecule has 0 aliphatic carbocycles. The predicted octanol–water partition coefficient (Wildman–Crippen LogP) is 3.62. The molecule has 7 nitrogen and oxygen atoms in total. The number of nitrogens with zero attached hydrogens (tertiary/aromatic N) is 1. The SMILES string of the molecule is CC1(OCCC#N)COc2ccccc2OCCOCCOc2ccccc2OC1. The van der Waals surface area contributed by atoms with Crippen LogP contribution in [0.2, 0.25) is 0 Å². The second-order valence-electron chi connectivity index (χ2n) is 6.99. The van der Waals surface area contributed by atoms with E-state index in [0.717, 1.165) is 0 Å². The van der Waals surface area contributed by atoms with Gasteiger partial charge in [0, 0.05) is 0 Å². The lowest BCUT2D eigenvalue weighted by atomic mass is 10.1. The number of nitriles is 1. The second-order valence-corrected chi connectivity index (χ2v) is 6.99. The number of benzene rings is 2. The van der Waals surface area contributed by atoms with Gasteiger partial charge in [-0.15, -0.1) is 0 Å². The smallest absolute Gasteiger partial charge is 0.161 e. The fraction of sp³-hybridized carbons (Fsp3) is 0.435. The van der Waals surface area contributed by atoms with Crippen molar-refractivity contribution in [2.75, 3.05) is 46.2 Å². The van der Waals surface area contributed by atoms with Crippen molar-refractivity contribution in [1.29, 1.82) is 5.26 Å². The Morgan fingerprint density at radius 3 is 1.73 bits per heavy atom. The van der Waals surface area contributed by atoms with E-state index in [-0.39, 0.29) is 26.2 Å². The highest BCUT2D eigenvalue weighted by Crippen LogP contribution is 2.30. The largest absolute Gasteiger partial charge is 0.487 e. The molecule has 0 unspecified atom stereocenters. The van der Waals surface area contributed by atoms with Crippen molar-refractivity contribution >= 4 is 0 Å². The van der Waals surface area contributed by atoms with Crippen molar-refractivity contribution in [3.8, 4) is 29.1 Å². The van der Waals surface area contributed by atoms with Gasteiger partial charge < -0.3 is 28.4 Å². The standard InChI is InChI=1S/C23H27NO6/c1-23(30-12-6-11-24)17-28-21-9-4-2-7-19(21)26-15-13-25-14-16-27-20-8-3-5-10-22(20)29-18-23/h2-5,7-10H,6,12-18H2,1H3. The van der Waals surface area contributed by atoms with E-state index in [2.05, 4.69) is 6.07 Å². The fourth-order valence-electron chi connectivity index (χ4n) is 2.83. The molecule has 0 bridgehead atoms. The van der Waals surface area contributed by atoms with E-state index in [4.69, 9.17) is 33.7 Å². The number of hydrogen-bond acceptors (Lipinski definition) is 7. The van der Waals surface area contributed by atoms with Crippen LogP contribution < -0.4 is 18.9 Å². The Morgan fingerprint density at radius 2 is 1.27 bits per heavy atom. The third-order valence-electron chi connectivity index (χ3n) is 4.40. The van der Waals surface area contributed by atoms with Crippen molar-refractivity contribution in [3.63, 3.8) is 0 Å². The molecule has 160 valence electrons. The summed E-state index contributed by atoms with van der Waals surface area (Å²) in [5.74, 6) is 2.50. The Morgan fingerprint density at radius 1 is 0.800 bits per heavy atom. The summed E-state index contributed by atoms with van der Waals surface area (Å²) in [5.41, 5.74) is -0.781. The van der Waals surface area contributed by atoms with Crippen LogP contribution in [0, 0.1) is 11.3 Å². The van der Waals surface area contributed by atoms with Crippen LogP contribution in [0.25, 0.3) is 0 Å².